The molecule has 0 aliphatic rings. The van der Waals surface area contributed by atoms with Gasteiger partial charge in [-0.15, -0.1) is 5.10 Å². The standard InChI is InChI=1S/C17H15N5O/c1-13-4-6-15(7-5-13)23-10-9-22-17(16(11-18)20-21-22)14-3-2-8-19-12-14/h2-8,12H,9-10H2,1H3. The van der Waals surface area contributed by atoms with Crippen molar-refractivity contribution in [3.63, 3.8) is 0 Å². The van der Waals surface area contributed by atoms with Gasteiger partial charge in [-0.2, -0.15) is 5.26 Å². The summed E-state index contributed by atoms with van der Waals surface area (Å²) in [7, 11) is 0. The molecule has 0 spiro atoms. The van der Waals surface area contributed by atoms with Crippen LogP contribution in [0.15, 0.2) is 48.8 Å². The molecule has 6 heteroatoms. The second-order valence-electron chi connectivity index (χ2n) is 5.02. The molecule has 23 heavy (non-hydrogen) atoms. The van der Waals surface area contributed by atoms with E-state index in [1.54, 1.807) is 17.1 Å². The molecule has 2 aromatic heterocycles. The number of hydrogen-bond acceptors (Lipinski definition) is 5. The molecular weight excluding hydrogens is 290 g/mol. The van der Waals surface area contributed by atoms with Gasteiger partial charge >= 0.3 is 0 Å². The van der Waals surface area contributed by atoms with Crippen LogP contribution in [0.25, 0.3) is 11.3 Å². The first-order valence-corrected chi connectivity index (χ1v) is 7.21. The van der Waals surface area contributed by atoms with E-state index in [2.05, 4.69) is 21.4 Å². The lowest BCUT2D eigenvalue weighted by Crippen LogP contribution is -2.11. The van der Waals surface area contributed by atoms with Crippen molar-refractivity contribution in [3.05, 3.63) is 60.0 Å². The molecule has 0 unspecified atom stereocenters. The zero-order valence-electron chi connectivity index (χ0n) is 12.7. The molecule has 1 aromatic carbocycles. The van der Waals surface area contributed by atoms with Crippen LogP contribution in [0.1, 0.15) is 11.3 Å². The number of nitrogens with zero attached hydrogens (tertiary/aromatic N) is 5. The highest BCUT2D eigenvalue weighted by Gasteiger charge is 2.14. The topological polar surface area (TPSA) is 76.6 Å². The van der Waals surface area contributed by atoms with Gasteiger partial charge in [-0.05, 0) is 31.2 Å². The third-order valence-corrected chi connectivity index (χ3v) is 3.37. The fourth-order valence-corrected chi connectivity index (χ4v) is 2.22. The Hall–Kier alpha value is -3.20. The van der Waals surface area contributed by atoms with Gasteiger partial charge < -0.3 is 4.74 Å². The predicted octanol–water partition coefficient (Wildman–Crippen LogP) is 2.60. The van der Waals surface area contributed by atoms with Crippen LogP contribution >= 0.6 is 0 Å². The first-order valence-electron chi connectivity index (χ1n) is 7.21. The Kier molecular flexibility index (Phi) is 4.29. The van der Waals surface area contributed by atoms with Gasteiger partial charge in [-0.3, -0.25) is 4.98 Å². The van der Waals surface area contributed by atoms with E-state index in [9.17, 15) is 5.26 Å². The number of benzene rings is 1. The maximum atomic E-state index is 9.21. The first kappa shape index (κ1) is 14.7. The molecular formula is C17H15N5O. The molecule has 0 fully saturated rings. The quantitative estimate of drug-likeness (QED) is 0.724. The highest BCUT2D eigenvalue weighted by atomic mass is 16.5. The van der Waals surface area contributed by atoms with Crippen molar-refractivity contribution in [1.82, 2.24) is 20.0 Å². The molecule has 0 N–H and O–H groups in total. The van der Waals surface area contributed by atoms with Crippen LogP contribution in [0.5, 0.6) is 5.75 Å². The number of ether oxygens (including phenoxy) is 1. The lowest BCUT2D eigenvalue weighted by atomic mass is 10.2. The summed E-state index contributed by atoms with van der Waals surface area (Å²) in [6.07, 6.45) is 3.38. The third-order valence-electron chi connectivity index (χ3n) is 3.37. The number of rotatable bonds is 5. The Morgan fingerprint density at radius 2 is 2.04 bits per heavy atom. The smallest absolute Gasteiger partial charge is 0.190 e. The number of nitriles is 1. The summed E-state index contributed by atoms with van der Waals surface area (Å²) in [6, 6.07) is 13.6. The van der Waals surface area contributed by atoms with E-state index in [0.29, 0.717) is 18.8 Å². The number of aryl methyl sites for hydroxylation is 1. The molecule has 0 aliphatic heterocycles. The largest absolute Gasteiger partial charge is 0.492 e. The zero-order valence-corrected chi connectivity index (χ0v) is 12.7. The molecule has 3 rings (SSSR count). The van der Waals surface area contributed by atoms with E-state index in [1.165, 1.54) is 5.56 Å². The Morgan fingerprint density at radius 1 is 1.22 bits per heavy atom. The Balaban J connectivity index is 1.75. The lowest BCUT2D eigenvalue weighted by molar-refractivity contribution is 0.290. The van der Waals surface area contributed by atoms with Crippen LogP contribution in [0.4, 0.5) is 0 Å². The molecule has 0 bridgehead atoms. The fourth-order valence-electron chi connectivity index (χ4n) is 2.22. The summed E-state index contributed by atoms with van der Waals surface area (Å²) in [5.74, 6) is 0.805. The van der Waals surface area contributed by atoms with Crippen LogP contribution in [0.3, 0.4) is 0 Å². The Labute approximate surface area is 134 Å². The fraction of sp³-hybridized carbons (Fsp3) is 0.176. The highest BCUT2D eigenvalue weighted by Crippen LogP contribution is 2.20. The van der Waals surface area contributed by atoms with Crippen molar-refractivity contribution < 1.29 is 4.74 Å². The molecule has 0 saturated carbocycles. The van der Waals surface area contributed by atoms with E-state index < -0.39 is 0 Å². The summed E-state index contributed by atoms with van der Waals surface area (Å²) in [5, 5.41) is 17.2. The number of hydrogen-bond donors (Lipinski definition) is 0. The van der Waals surface area contributed by atoms with Crippen molar-refractivity contribution in [3.8, 4) is 23.1 Å². The normalized spacial score (nSPS) is 10.3. The first-order chi connectivity index (χ1) is 11.3. The summed E-state index contributed by atoms with van der Waals surface area (Å²) >= 11 is 0. The van der Waals surface area contributed by atoms with Gasteiger partial charge in [0.05, 0.1) is 6.54 Å². The molecule has 0 amide bonds. The van der Waals surface area contributed by atoms with Gasteiger partial charge in [0.2, 0.25) is 0 Å². The molecule has 114 valence electrons. The summed E-state index contributed by atoms with van der Waals surface area (Å²) < 4.78 is 7.38. The van der Waals surface area contributed by atoms with Crippen LogP contribution in [-0.2, 0) is 6.54 Å². The third kappa shape index (κ3) is 3.35. The minimum atomic E-state index is 0.285. The summed E-state index contributed by atoms with van der Waals surface area (Å²) in [6.45, 7) is 2.96. The van der Waals surface area contributed by atoms with Crippen molar-refractivity contribution >= 4 is 0 Å². The minimum Gasteiger partial charge on any atom is -0.492 e. The van der Waals surface area contributed by atoms with Gasteiger partial charge in [-0.1, -0.05) is 22.9 Å². The minimum absolute atomic E-state index is 0.285. The van der Waals surface area contributed by atoms with E-state index in [-0.39, 0.29) is 5.69 Å². The molecule has 0 saturated heterocycles. The van der Waals surface area contributed by atoms with Gasteiger partial charge in [0.1, 0.15) is 24.1 Å². The second kappa shape index (κ2) is 6.71. The van der Waals surface area contributed by atoms with Crippen molar-refractivity contribution in [1.29, 1.82) is 5.26 Å². The highest BCUT2D eigenvalue weighted by molar-refractivity contribution is 5.63. The van der Waals surface area contributed by atoms with Gasteiger partial charge in [-0.25, -0.2) is 4.68 Å². The van der Waals surface area contributed by atoms with Gasteiger partial charge in [0.25, 0.3) is 0 Å². The second-order valence-corrected chi connectivity index (χ2v) is 5.02. The van der Waals surface area contributed by atoms with Gasteiger partial charge in [0.15, 0.2) is 5.69 Å². The van der Waals surface area contributed by atoms with Crippen molar-refractivity contribution in [2.24, 2.45) is 0 Å². The van der Waals surface area contributed by atoms with Crippen molar-refractivity contribution in [2.45, 2.75) is 13.5 Å². The zero-order chi connectivity index (χ0) is 16.1. The molecule has 0 aliphatic carbocycles. The van der Waals surface area contributed by atoms with E-state index in [0.717, 1.165) is 11.3 Å². The molecule has 0 radical (unpaired) electrons. The van der Waals surface area contributed by atoms with E-state index in [1.807, 2.05) is 43.3 Å². The average Bonchev–Trinajstić information content (AvgIpc) is 3.00. The summed E-state index contributed by atoms with van der Waals surface area (Å²) in [4.78, 5) is 4.08. The number of pyridine rings is 1. The predicted molar refractivity (Wildman–Crippen MR) is 84.6 cm³/mol. The lowest BCUT2D eigenvalue weighted by Gasteiger charge is -2.08. The van der Waals surface area contributed by atoms with Crippen molar-refractivity contribution in [2.75, 3.05) is 6.61 Å². The monoisotopic (exact) mass is 305 g/mol. The van der Waals surface area contributed by atoms with E-state index >= 15 is 0 Å². The SMILES string of the molecule is Cc1ccc(OCCn2nnc(C#N)c2-c2cccnc2)cc1. The molecule has 0 atom stereocenters. The van der Waals surface area contributed by atoms with Crippen LogP contribution in [-0.4, -0.2) is 26.6 Å². The van der Waals surface area contributed by atoms with Crippen LogP contribution < -0.4 is 4.74 Å². The van der Waals surface area contributed by atoms with E-state index in [4.69, 9.17) is 4.74 Å². The number of aromatic nitrogens is 4. The summed E-state index contributed by atoms with van der Waals surface area (Å²) in [5.41, 5.74) is 2.94. The van der Waals surface area contributed by atoms with Crippen LogP contribution in [0.2, 0.25) is 0 Å². The molecule has 2 heterocycles. The van der Waals surface area contributed by atoms with Crippen LogP contribution in [0, 0.1) is 18.3 Å². The average molecular weight is 305 g/mol. The molecule has 6 nitrogen and oxygen atoms in total. The maximum Gasteiger partial charge on any atom is 0.190 e. The maximum absolute atomic E-state index is 9.21. The van der Waals surface area contributed by atoms with Gasteiger partial charge in [0, 0.05) is 18.0 Å². The Bertz CT molecular complexity index is 818. The Morgan fingerprint density at radius 3 is 2.74 bits per heavy atom. The molecule has 3 aromatic rings.